The molecule has 0 nitrogen and oxygen atoms in total. The van der Waals surface area contributed by atoms with Gasteiger partial charge in [-0.1, -0.05) is 6.92 Å². The highest BCUT2D eigenvalue weighted by molar-refractivity contribution is 5.00. The van der Waals surface area contributed by atoms with E-state index < -0.39 is 5.67 Å². The average molecular weight is 134 g/mol. The largest absolute Gasteiger partial charge is 0.240 e. The zero-order valence-electron chi connectivity index (χ0n) is 6.04. The molecule has 0 aromatic heterocycles. The second kappa shape index (κ2) is 2.95. The Bertz CT molecular complexity index is 109. The SMILES string of the molecule is CC/C(F)=C\C(C)(C)F. The van der Waals surface area contributed by atoms with E-state index in [1.807, 2.05) is 0 Å². The van der Waals surface area contributed by atoms with Crippen molar-refractivity contribution in [2.45, 2.75) is 32.9 Å². The maximum Gasteiger partial charge on any atom is 0.126 e. The quantitative estimate of drug-likeness (QED) is 0.544. The van der Waals surface area contributed by atoms with Crippen LogP contribution in [0.3, 0.4) is 0 Å². The predicted octanol–water partition coefficient (Wildman–Crippen LogP) is 3.00. The number of rotatable bonds is 2. The van der Waals surface area contributed by atoms with Gasteiger partial charge in [-0.25, -0.2) is 8.78 Å². The Kier molecular flexibility index (Phi) is 2.82. The van der Waals surface area contributed by atoms with Crippen LogP contribution in [-0.4, -0.2) is 5.67 Å². The van der Waals surface area contributed by atoms with Crippen LogP contribution in [0.15, 0.2) is 11.9 Å². The van der Waals surface area contributed by atoms with Crippen LogP contribution in [0.1, 0.15) is 27.2 Å². The third-order valence-corrected chi connectivity index (χ3v) is 0.838. The first-order valence-corrected chi connectivity index (χ1v) is 3.02. The molecule has 0 aromatic carbocycles. The minimum absolute atomic E-state index is 0.271. The molecule has 0 heterocycles. The van der Waals surface area contributed by atoms with E-state index in [0.29, 0.717) is 0 Å². The highest BCUT2D eigenvalue weighted by atomic mass is 19.1. The predicted molar refractivity (Wildman–Crippen MR) is 34.7 cm³/mol. The van der Waals surface area contributed by atoms with Crippen LogP contribution in [0.5, 0.6) is 0 Å². The lowest BCUT2D eigenvalue weighted by Gasteiger charge is -2.06. The Morgan fingerprint density at radius 1 is 1.56 bits per heavy atom. The molecule has 0 saturated carbocycles. The minimum Gasteiger partial charge on any atom is -0.240 e. The molecule has 0 rings (SSSR count). The van der Waals surface area contributed by atoms with Gasteiger partial charge in [-0.2, -0.15) is 0 Å². The van der Waals surface area contributed by atoms with Crippen LogP contribution in [0, 0.1) is 0 Å². The van der Waals surface area contributed by atoms with Crippen molar-refractivity contribution in [3.8, 4) is 0 Å². The standard InChI is InChI=1S/C7H12F2/c1-4-6(8)5-7(2,3)9/h5H,4H2,1-3H3/b6-5+. The Morgan fingerprint density at radius 2 is 2.00 bits per heavy atom. The Labute approximate surface area is 54.6 Å². The van der Waals surface area contributed by atoms with Crippen molar-refractivity contribution in [2.75, 3.05) is 0 Å². The minimum atomic E-state index is -1.51. The van der Waals surface area contributed by atoms with Crippen LogP contribution in [0.25, 0.3) is 0 Å². The van der Waals surface area contributed by atoms with E-state index in [0.717, 1.165) is 6.08 Å². The summed E-state index contributed by atoms with van der Waals surface area (Å²) in [7, 11) is 0. The molecule has 0 radical (unpaired) electrons. The maximum absolute atomic E-state index is 12.5. The van der Waals surface area contributed by atoms with Gasteiger partial charge < -0.3 is 0 Å². The molecule has 0 amide bonds. The van der Waals surface area contributed by atoms with E-state index in [2.05, 4.69) is 0 Å². The van der Waals surface area contributed by atoms with Crippen LogP contribution in [0.4, 0.5) is 8.78 Å². The number of allylic oxidation sites excluding steroid dienone is 2. The molecule has 0 aliphatic heterocycles. The van der Waals surface area contributed by atoms with Crippen molar-refractivity contribution in [3.63, 3.8) is 0 Å². The summed E-state index contributed by atoms with van der Waals surface area (Å²) in [5.41, 5.74) is -1.51. The topological polar surface area (TPSA) is 0 Å². The summed E-state index contributed by atoms with van der Waals surface area (Å²) in [6.45, 7) is 4.29. The van der Waals surface area contributed by atoms with E-state index >= 15 is 0 Å². The molecule has 0 unspecified atom stereocenters. The molecule has 0 spiro atoms. The monoisotopic (exact) mass is 134 g/mol. The third kappa shape index (κ3) is 5.47. The molecule has 0 N–H and O–H groups in total. The van der Waals surface area contributed by atoms with Crippen LogP contribution < -0.4 is 0 Å². The summed E-state index contributed by atoms with van der Waals surface area (Å²) < 4.78 is 24.8. The van der Waals surface area contributed by atoms with E-state index in [-0.39, 0.29) is 12.2 Å². The number of hydrogen-bond acceptors (Lipinski definition) is 0. The van der Waals surface area contributed by atoms with E-state index in [1.54, 1.807) is 6.92 Å². The molecule has 0 atom stereocenters. The Balaban J connectivity index is 3.95. The van der Waals surface area contributed by atoms with Crippen molar-refractivity contribution < 1.29 is 8.78 Å². The molecule has 0 fully saturated rings. The summed E-state index contributed by atoms with van der Waals surface area (Å²) >= 11 is 0. The molecular formula is C7H12F2. The summed E-state index contributed by atoms with van der Waals surface area (Å²) in [6.07, 6.45) is 1.26. The number of hydrogen-bond donors (Lipinski definition) is 0. The van der Waals surface area contributed by atoms with Crippen molar-refractivity contribution in [1.82, 2.24) is 0 Å². The molecule has 0 aromatic rings. The normalized spacial score (nSPS) is 14.1. The number of alkyl halides is 1. The zero-order chi connectivity index (χ0) is 7.49. The fourth-order valence-corrected chi connectivity index (χ4v) is 0.474. The van der Waals surface area contributed by atoms with Crippen LogP contribution >= 0.6 is 0 Å². The highest BCUT2D eigenvalue weighted by Gasteiger charge is 2.11. The van der Waals surface area contributed by atoms with Gasteiger partial charge in [0.15, 0.2) is 0 Å². The molecule has 9 heavy (non-hydrogen) atoms. The summed E-state index contributed by atoms with van der Waals surface area (Å²) in [6, 6.07) is 0. The molecule has 0 saturated heterocycles. The van der Waals surface area contributed by atoms with Gasteiger partial charge in [0, 0.05) is 0 Å². The fourth-order valence-electron chi connectivity index (χ4n) is 0.474. The second-order valence-corrected chi connectivity index (χ2v) is 2.51. The van der Waals surface area contributed by atoms with Crippen molar-refractivity contribution >= 4 is 0 Å². The summed E-state index contributed by atoms with van der Waals surface area (Å²) in [5, 5.41) is 0. The van der Waals surface area contributed by atoms with Crippen molar-refractivity contribution in [2.24, 2.45) is 0 Å². The average Bonchev–Trinajstić information content (AvgIpc) is 1.62. The van der Waals surface area contributed by atoms with Crippen LogP contribution in [-0.2, 0) is 0 Å². The maximum atomic E-state index is 12.5. The van der Waals surface area contributed by atoms with Gasteiger partial charge in [-0.3, -0.25) is 0 Å². The van der Waals surface area contributed by atoms with Gasteiger partial charge >= 0.3 is 0 Å². The van der Waals surface area contributed by atoms with Gasteiger partial charge in [0.2, 0.25) is 0 Å². The highest BCUT2D eigenvalue weighted by Crippen LogP contribution is 2.15. The molecular weight excluding hydrogens is 122 g/mol. The second-order valence-electron chi connectivity index (χ2n) is 2.51. The van der Waals surface area contributed by atoms with E-state index in [4.69, 9.17) is 0 Å². The first-order valence-electron chi connectivity index (χ1n) is 3.02. The number of halogens is 2. The lowest BCUT2D eigenvalue weighted by Crippen LogP contribution is -2.06. The van der Waals surface area contributed by atoms with Crippen molar-refractivity contribution in [1.29, 1.82) is 0 Å². The lowest BCUT2D eigenvalue weighted by atomic mass is 10.1. The first kappa shape index (κ1) is 8.60. The van der Waals surface area contributed by atoms with Gasteiger partial charge in [0.05, 0.1) is 5.83 Å². The Hall–Kier alpha value is -0.400. The molecule has 54 valence electrons. The van der Waals surface area contributed by atoms with E-state index in [1.165, 1.54) is 13.8 Å². The van der Waals surface area contributed by atoms with Crippen LogP contribution in [0.2, 0.25) is 0 Å². The summed E-state index contributed by atoms with van der Waals surface area (Å²) in [4.78, 5) is 0. The van der Waals surface area contributed by atoms with Gasteiger partial charge in [-0.05, 0) is 26.3 Å². The molecule has 2 heteroatoms. The molecule has 0 aliphatic carbocycles. The smallest absolute Gasteiger partial charge is 0.126 e. The zero-order valence-corrected chi connectivity index (χ0v) is 6.04. The fraction of sp³-hybridized carbons (Fsp3) is 0.714. The van der Waals surface area contributed by atoms with Crippen molar-refractivity contribution in [3.05, 3.63) is 11.9 Å². The Morgan fingerprint density at radius 3 is 2.11 bits per heavy atom. The van der Waals surface area contributed by atoms with Gasteiger partial charge in [0.25, 0.3) is 0 Å². The first-order chi connectivity index (χ1) is 3.95. The molecule has 0 bridgehead atoms. The van der Waals surface area contributed by atoms with Gasteiger partial charge in [0.1, 0.15) is 5.67 Å². The molecule has 0 aliphatic rings. The van der Waals surface area contributed by atoms with Gasteiger partial charge in [-0.15, -0.1) is 0 Å². The third-order valence-electron chi connectivity index (χ3n) is 0.838. The van der Waals surface area contributed by atoms with E-state index in [9.17, 15) is 8.78 Å². The lowest BCUT2D eigenvalue weighted by molar-refractivity contribution is 0.281. The summed E-state index contributed by atoms with van der Waals surface area (Å²) in [5.74, 6) is -0.387.